The molecule has 3 atom stereocenters. The van der Waals surface area contributed by atoms with Crippen molar-refractivity contribution in [2.45, 2.75) is 46.1 Å². The van der Waals surface area contributed by atoms with Gasteiger partial charge in [-0.2, -0.15) is 0 Å². The largest absolute Gasteiger partial charge is 0.327 e. The summed E-state index contributed by atoms with van der Waals surface area (Å²) in [4.78, 5) is 0. The van der Waals surface area contributed by atoms with Crippen LogP contribution < -0.4 is 5.73 Å². The van der Waals surface area contributed by atoms with E-state index in [0.717, 1.165) is 5.92 Å². The smallest absolute Gasteiger partial charge is 0.0101 e. The first-order valence-electron chi connectivity index (χ1n) is 4.74. The van der Waals surface area contributed by atoms with Gasteiger partial charge in [-0.25, -0.2) is 0 Å². The highest BCUT2D eigenvalue weighted by Gasteiger charge is 2.59. The summed E-state index contributed by atoms with van der Waals surface area (Å²) in [5, 5.41) is 0. The summed E-state index contributed by atoms with van der Waals surface area (Å²) in [6, 6.07) is 0.469. The molecule has 64 valence electrons. The van der Waals surface area contributed by atoms with Crippen LogP contribution in [0.1, 0.15) is 40.0 Å². The van der Waals surface area contributed by atoms with E-state index in [1.54, 1.807) is 0 Å². The zero-order valence-corrected chi connectivity index (χ0v) is 7.85. The minimum absolute atomic E-state index is 0.442. The van der Waals surface area contributed by atoms with Crippen LogP contribution in [0, 0.1) is 16.7 Å². The predicted molar refractivity (Wildman–Crippen MR) is 47.2 cm³/mol. The van der Waals surface area contributed by atoms with Crippen LogP contribution >= 0.6 is 0 Å². The van der Waals surface area contributed by atoms with E-state index in [2.05, 4.69) is 20.8 Å². The average Bonchev–Trinajstić information content (AvgIpc) is 2.20. The van der Waals surface area contributed by atoms with E-state index in [-0.39, 0.29) is 0 Å². The molecule has 0 aromatic rings. The molecule has 2 N–H and O–H groups in total. The first kappa shape index (κ1) is 7.60. The Balaban J connectivity index is 2.40. The highest BCUT2D eigenvalue weighted by Crippen LogP contribution is 2.64. The van der Waals surface area contributed by atoms with Crippen molar-refractivity contribution in [1.82, 2.24) is 0 Å². The summed E-state index contributed by atoms with van der Waals surface area (Å²) in [7, 11) is 0. The summed E-state index contributed by atoms with van der Waals surface area (Å²) < 4.78 is 0. The van der Waals surface area contributed by atoms with E-state index in [4.69, 9.17) is 5.73 Å². The maximum atomic E-state index is 6.13. The maximum Gasteiger partial charge on any atom is 0.0101 e. The molecule has 1 heteroatoms. The summed E-state index contributed by atoms with van der Waals surface area (Å²) in [5.74, 6) is 0.905. The van der Waals surface area contributed by atoms with Crippen molar-refractivity contribution in [2.75, 3.05) is 0 Å². The molecule has 0 aromatic carbocycles. The topological polar surface area (TPSA) is 26.0 Å². The lowest BCUT2D eigenvalue weighted by Gasteiger charge is -2.37. The number of nitrogens with two attached hydrogens (primary N) is 1. The van der Waals surface area contributed by atoms with Gasteiger partial charge in [0.2, 0.25) is 0 Å². The molecule has 2 fully saturated rings. The Morgan fingerprint density at radius 1 is 1.27 bits per heavy atom. The molecular weight excluding hydrogens is 134 g/mol. The van der Waals surface area contributed by atoms with Crippen LogP contribution in [0.15, 0.2) is 0 Å². The van der Waals surface area contributed by atoms with Crippen LogP contribution in [0.25, 0.3) is 0 Å². The van der Waals surface area contributed by atoms with Gasteiger partial charge >= 0.3 is 0 Å². The third kappa shape index (κ3) is 0.658. The van der Waals surface area contributed by atoms with Crippen molar-refractivity contribution in [3.05, 3.63) is 0 Å². The highest BCUT2D eigenvalue weighted by molar-refractivity contribution is 5.11. The summed E-state index contributed by atoms with van der Waals surface area (Å²) in [5.41, 5.74) is 7.08. The van der Waals surface area contributed by atoms with Crippen molar-refractivity contribution >= 4 is 0 Å². The van der Waals surface area contributed by atoms with Crippen LogP contribution in [0.3, 0.4) is 0 Å². The van der Waals surface area contributed by atoms with Crippen LogP contribution in [0.4, 0.5) is 0 Å². The molecule has 0 spiro atoms. The Hall–Kier alpha value is -0.0400. The van der Waals surface area contributed by atoms with Gasteiger partial charge in [0.25, 0.3) is 0 Å². The van der Waals surface area contributed by atoms with E-state index >= 15 is 0 Å². The molecule has 0 aromatic heterocycles. The molecule has 0 aliphatic heterocycles. The van der Waals surface area contributed by atoms with Gasteiger partial charge in [-0.3, -0.25) is 0 Å². The molecule has 2 rings (SSSR count). The van der Waals surface area contributed by atoms with Crippen molar-refractivity contribution < 1.29 is 0 Å². The Kier molecular flexibility index (Phi) is 1.26. The van der Waals surface area contributed by atoms with Crippen molar-refractivity contribution in [1.29, 1.82) is 0 Å². The molecule has 11 heavy (non-hydrogen) atoms. The molecule has 2 aliphatic rings. The first-order valence-corrected chi connectivity index (χ1v) is 4.74. The Labute approximate surface area is 69.4 Å². The van der Waals surface area contributed by atoms with Gasteiger partial charge in [0.1, 0.15) is 0 Å². The van der Waals surface area contributed by atoms with Crippen molar-refractivity contribution in [3.8, 4) is 0 Å². The van der Waals surface area contributed by atoms with Crippen LogP contribution in [-0.2, 0) is 0 Å². The number of hydrogen-bond donors (Lipinski definition) is 1. The number of hydrogen-bond acceptors (Lipinski definition) is 1. The van der Waals surface area contributed by atoms with Gasteiger partial charge in [0.15, 0.2) is 0 Å². The number of fused-ring (bicyclic) bond motifs is 2. The van der Waals surface area contributed by atoms with Gasteiger partial charge in [0, 0.05) is 6.04 Å². The van der Waals surface area contributed by atoms with Crippen LogP contribution in [-0.4, -0.2) is 6.04 Å². The zero-order valence-electron chi connectivity index (χ0n) is 7.85. The second-order valence-corrected chi connectivity index (χ2v) is 5.22. The molecule has 2 saturated carbocycles. The fraction of sp³-hybridized carbons (Fsp3) is 1.00. The van der Waals surface area contributed by atoms with Gasteiger partial charge in [-0.1, -0.05) is 20.8 Å². The molecule has 2 bridgehead atoms. The van der Waals surface area contributed by atoms with E-state index in [1.165, 1.54) is 19.3 Å². The third-order valence-corrected chi connectivity index (χ3v) is 4.86. The van der Waals surface area contributed by atoms with Crippen molar-refractivity contribution in [2.24, 2.45) is 22.5 Å². The monoisotopic (exact) mass is 153 g/mol. The predicted octanol–water partition coefficient (Wildman–Crippen LogP) is 2.16. The molecule has 0 radical (unpaired) electrons. The fourth-order valence-corrected chi connectivity index (χ4v) is 3.27. The zero-order chi connectivity index (χ0) is 8.28. The number of rotatable bonds is 0. The summed E-state index contributed by atoms with van der Waals surface area (Å²) in [6.07, 6.45) is 4.03. The fourth-order valence-electron chi connectivity index (χ4n) is 3.27. The minimum atomic E-state index is 0.442. The van der Waals surface area contributed by atoms with Gasteiger partial charge in [-0.05, 0) is 36.0 Å². The SMILES string of the molecule is CC1(C)C2CC[C@]1(C)[C@@H](N)C2. The first-order chi connectivity index (χ1) is 4.98. The minimum Gasteiger partial charge on any atom is -0.327 e. The third-order valence-electron chi connectivity index (χ3n) is 4.86. The van der Waals surface area contributed by atoms with E-state index < -0.39 is 0 Å². The lowest BCUT2D eigenvalue weighted by molar-refractivity contribution is 0.136. The highest BCUT2D eigenvalue weighted by atomic mass is 14.8. The van der Waals surface area contributed by atoms with Gasteiger partial charge in [-0.15, -0.1) is 0 Å². The van der Waals surface area contributed by atoms with Crippen LogP contribution in [0.2, 0.25) is 0 Å². The quantitative estimate of drug-likeness (QED) is 0.567. The molecule has 1 nitrogen and oxygen atoms in total. The van der Waals surface area contributed by atoms with Gasteiger partial charge < -0.3 is 5.73 Å². The molecule has 0 saturated heterocycles. The Morgan fingerprint density at radius 3 is 2.09 bits per heavy atom. The van der Waals surface area contributed by atoms with E-state index in [1.807, 2.05) is 0 Å². The lowest BCUT2D eigenvalue weighted by atomic mass is 9.69. The van der Waals surface area contributed by atoms with Gasteiger partial charge in [0.05, 0.1) is 0 Å². The van der Waals surface area contributed by atoms with E-state index in [0.29, 0.717) is 16.9 Å². The molecular formula is C10H19N. The Bertz CT molecular complexity index is 185. The van der Waals surface area contributed by atoms with E-state index in [9.17, 15) is 0 Å². The Morgan fingerprint density at radius 2 is 1.91 bits per heavy atom. The average molecular weight is 153 g/mol. The molecule has 1 unspecified atom stereocenters. The standard InChI is InChI=1S/C10H19N/c1-9(2)7-4-5-10(9,3)8(11)6-7/h7-8H,4-6,11H2,1-3H3/t7?,8-,10+/m0/s1. The summed E-state index contributed by atoms with van der Waals surface area (Å²) >= 11 is 0. The summed E-state index contributed by atoms with van der Waals surface area (Å²) in [6.45, 7) is 7.18. The molecule has 0 heterocycles. The maximum absolute atomic E-state index is 6.13. The second-order valence-electron chi connectivity index (χ2n) is 5.22. The molecule has 0 amide bonds. The van der Waals surface area contributed by atoms with Crippen molar-refractivity contribution in [3.63, 3.8) is 0 Å². The van der Waals surface area contributed by atoms with Crippen LogP contribution in [0.5, 0.6) is 0 Å². The molecule has 2 aliphatic carbocycles. The second kappa shape index (κ2) is 1.82. The lowest BCUT2D eigenvalue weighted by Crippen LogP contribution is -2.40. The normalized spacial score (nSPS) is 53.5.